The van der Waals surface area contributed by atoms with Crippen LogP contribution in [0.1, 0.15) is 37.2 Å². The molecule has 28 heavy (non-hydrogen) atoms. The fourth-order valence-corrected chi connectivity index (χ4v) is 4.97. The topological polar surface area (TPSA) is 76.9 Å². The van der Waals surface area contributed by atoms with Gasteiger partial charge in [0.1, 0.15) is 5.15 Å². The molecule has 1 fully saturated rings. The number of nitrogens with zero attached hydrogens (tertiary/aromatic N) is 3. The average Bonchev–Trinajstić information content (AvgIpc) is 3.33. The summed E-state index contributed by atoms with van der Waals surface area (Å²) in [4.78, 5) is 8.38. The Balaban J connectivity index is 1.78. The lowest BCUT2D eigenvalue weighted by atomic mass is 10.0. The van der Waals surface area contributed by atoms with Gasteiger partial charge in [-0.05, 0) is 60.7 Å². The predicted octanol–water partition coefficient (Wildman–Crippen LogP) is 5.03. The molecule has 0 spiro atoms. The number of aromatic nitrogens is 3. The second kappa shape index (κ2) is 7.73. The molecular weight excluding hydrogens is 419 g/mol. The van der Waals surface area contributed by atoms with Crippen LogP contribution in [0.15, 0.2) is 53.8 Å². The number of rotatable bonds is 5. The van der Waals surface area contributed by atoms with Gasteiger partial charge in [-0.15, -0.1) is 0 Å². The number of sulfonamides is 1. The molecule has 0 saturated heterocycles. The minimum atomic E-state index is -3.88. The summed E-state index contributed by atoms with van der Waals surface area (Å²) in [6, 6.07) is 9.73. The number of halogens is 2. The highest BCUT2D eigenvalue weighted by Crippen LogP contribution is 2.36. The monoisotopic (exact) mass is 436 g/mol. The van der Waals surface area contributed by atoms with E-state index in [9.17, 15) is 8.42 Å². The highest BCUT2D eigenvalue weighted by Gasteiger charge is 2.27. The summed E-state index contributed by atoms with van der Waals surface area (Å²) in [5, 5.41) is 0.851. The van der Waals surface area contributed by atoms with E-state index in [1.54, 1.807) is 42.6 Å². The van der Waals surface area contributed by atoms with Crippen LogP contribution < -0.4 is 4.72 Å². The van der Waals surface area contributed by atoms with Gasteiger partial charge < -0.3 is 0 Å². The van der Waals surface area contributed by atoms with Gasteiger partial charge in [-0.2, -0.15) is 8.42 Å². The van der Waals surface area contributed by atoms with Gasteiger partial charge in [0, 0.05) is 23.1 Å². The average molecular weight is 437 g/mol. The molecule has 1 saturated carbocycles. The standard InChI is InChI=1S/C19H18Cl2N4O2S/c20-15-5-7-16(8-6-15)24-28(26,27)18-11-14(13-3-1-2-4-13)12-25(18)19-22-10-9-17(21)23-19/h5-13,24H,1-4H2. The normalized spacial score (nSPS) is 15.1. The maximum Gasteiger partial charge on any atom is 0.278 e. The lowest BCUT2D eigenvalue weighted by Gasteiger charge is -2.10. The molecule has 9 heteroatoms. The second-order valence-corrected chi connectivity index (χ2v) is 9.21. The Morgan fingerprint density at radius 2 is 1.79 bits per heavy atom. The first-order valence-electron chi connectivity index (χ1n) is 8.92. The fraction of sp³-hybridized carbons (Fsp3) is 0.263. The molecule has 6 nitrogen and oxygen atoms in total. The molecular formula is C19H18Cl2N4O2S. The van der Waals surface area contributed by atoms with Gasteiger partial charge >= 0.3 is 0 Å². The van der Waals surface area contributed by atoms with Crippen molar-refractivity contribution in [3.8, 4) is 5.95 Å². The number of hydrogen-bond acceptors (Lipinski definition) is 4. The van der Waals surface area contributed by atoms with E-state index in [2.05, 4.69) is 14.7 Å². The molecule has 0 radical (unpaired) electrons. The molecule has 2 heterocycles. The van der Waals surface area contributed by atoms with E-state index < -0.39 is 10.0 Å². The molecule has 0 bridgehead atoms. The first-order chi connectivity index (χ1) is 13.4. The van der Waals surface area contributed by atoms with E-state index >= 15 is 0 Å². The van der Waals surface area contributed by atoms with Crippen LogP contribution in [-0.2, 0) is 10.0 Å². The number of benzene rings is 1. The molecule has 1 aromatic carbocycles. The lowest BCUT2D eigenvalue weighted by molar-refractivity contribution is 0.593. The molecule has 0 atom stereocenters. The second-order valence-electron chi connectivity index (χ2n) is 6.75. The summed E-state index contributed by atoms with van der Waals surface area (Å²) >= 11 is 11.9. The fourth-order valence-electron chi connectivity index (χ4n) is 3.48. The Labute approximate surface area is 173 Å². The van der Waals surface area contributed by atoms with Crippen LogP contribution in [0.2, 0.25) is 10.2 Å². The van der Waals surface area contributed by atoms with Crippen LogP contribution in [0.3, 0.4) is 0 Å². The lowest BCUT2D eigenvalue weighted by Crippen LogP contribution is -2.17. The molecule has 3 aromatic rings. The molecule has 1 aliphatic carbocycles. The van der Waals surface area contributed by atoms with Crippen molar-refractivity contribution in [2.75, 3.05) is 4.72 Å². The van der Waals surface area contributed by atoms with E-state index in [4.69, 9.17) is 23.2 Å². The molecule has 1 N–H and O–H groups in total. The van der Waals surface area contributed by atoms with Gasteiger partial charge in [0.05, 0.1) is 0 Å². The Bertz CT molecular complexity index is 1090. The van der Waals surface area contributed by atoms with Crippen LogP contribution in [0.25, 0.3) is 5.95 Å². The van der Waals surface area contributed by atoms with Crippen LogP contribution in [0.5, 0.6) is 0 Å². The molecule has 0 aliphatic heterocycles. The third kappa shape index (κ3) is 4.01. The Kier molecular flexibility index (Phi) is 5.31. The predicted molar refractivity (Wildman–Crippen MR) is 110 cm³/mol. The summed E-state index contributed by atoms with van der Waals surface area (Å²) < 4.78 is 30.4. The zero-order valence-electron chi connectivity index (χ0n) is 14.8. The van der Waals surface area contributed by atoms with Crippen molar-refractivity contribution >= 4 is 38.9 Å². The highest BCUT2D eigenvalue weighted by molar-refractivity contribution is 7.92. The molecule has 0 amide bonds. The van der Waals surface area contributed by atoms with Crippen molar-refractivity contribution in [3.05, 3.63) is 64.5 Å². The summed E-state index contributed by atoms with van der Waals surface area (Å²) in [6.07, 6.45) is 7.69. The van der Waals surface area contributed by atoms with Crippen molar-refractivity contribution in [1.29, 1.82) is 0 Å². The van der Waals surface area contributed by atoms with Crippen LogP contribution in [-0.4, -0.2) is 23.0 Å². The maximum absolute atomic E-state index is 13.1. The maximum atomic E-state index is 13.1. The first kappa shape index (κ1) is 19.2. The molecule has 1 aliphatic rings. The van der Waals surface area contributed by atoms with Crippen molar-refractivity contribution in [1.82, 2.24) is 14.5 Å². The van der Waals surface area contributed by atoms with Gasteiger partial charge in [0.2, 0.25) is 5.95 Å². The third-order valence-corrected chi connectivity index (χ3v) is 6.66. The van der Waals surface area contributed by atoms with Gasteiger partial charge in [0.15, 0.2) is 5.03 Å². The summed E-state index contributed by atoms with van der Waals surface area (Å²) in [6.45, 7) is 0. The largest absolute Gasteiger partial charge is 0.278 e. The van der Waals surface area contributed by atoms with Gasteiger partial charge in [-0.25, -0.2) is 9.97 Å². The van der Waals surface area contributed by atoms with E-state index in [1.807, 2.05) is 0 Å². The number of nitrogens with one attached hydrogen (secondary N) is 1. The van der Waals surface area contributed by atoms with E-state index in [0.717, 1.165) is 31.2 Å². The molecule has 4 rings (SSSR count). The number of anilines is 1. The van der Waals surface area contributed by atoms with E-state index in [0.29, 0.717) is 16.6 Å². The Morgan fingerprint density at radius 1 is 1.07 bits per heavy atom. The summed E-state index contributed by atoms with van der Waals surface area (Å²) in [5.74, 6) is 0.554. The van der Waals surface area contributed by atoms with Gasteiger partial charge in [-0.3, -0.25) is 9.29 Å². The first-order valence-corrected chi connectivity index (χ1v) is 11.2. The zero-order valence-corrected chi connectivity index (χ0v) is 17.2. The van der Waals surface area contributed by atoms with Gasteiger partial charge in [-0.1, -0.05) is 36.0 Å². The van der Waals surface area contributed by atoms with Crippen LogP contribution >= 0.6 is 23.2 Å². The van der Waals surface area contributed by atoms with Crippen molar-refractivity contribution in [3.63, 3.8) is 0 Å². The summed E-state index contributed by atoms with van der Waals surface area (Å²) in [5.41, 5.74) is 1.39. The van der Waals surface area contributed by atoms with Crippen molar-refractivity contribution in [2.24, 2.45) is 0 Å². The highest BCUT2D eigenvalue weighted by atomic mass is 35.5. The minimum absolute atomic E-state index is 0.0756. The van der Waals surface area contributed by atoms with E-state index in [1.165, 1.54) is 10.8 Å². The van der Waals surface area contributed by atoms with E-state index in [-0.39, 0.29) is 16.1 Å². The van der Waals surface area contributed by atoms with Crippen LogP contribution in [0, 0.1) is 0 Å². The molecule has 146 valence electrons. The Morgan fingerprint density at radius 3 is 2.46 bits per heavy atom. The summed E-state index contributed by atoms with van der Waals surface area (Å²) in [7, 11) is -3.88. The molecule has 0 unspecified atom stereocenters. The van der Waals surface area contributed by atoms with Crippen LogP contribution in [0.4, 0.5) is 5.69 Å². The quantitative estimate of drug-likeness (QED) is 0.568. The van der Waals surface area contributed by atoms with Crippen molar-refractivity contribution in [2.45, 2.75) is 36.6 Å². The number of hydrogen-bond donors (Lipinski definition) is 1. The third-order valence-electron chi connectivity index (χ3n) is 4.83. The smallest absolute Gasteiger partial charge is 0.278 e. The zero-order chi connectivity index (χ0) is 19.7. The minimum Gasteiger partial charge on any atom is -0.278 e. The molecule has 2 aromatic heterocycles. The van der Waals surface area contributed by atoms with Gasteiger partial charge in [0.25, 0.3) is 10.0 Å². The Hall–Kier alpha value is -2.09. The SMILES string of the molecule is O=S(=O)(Nc1ccc(Cl)cc1)c1cc(C2CCCC2)cn1-c1nccc(Cl)n1. The van der Waals surface area contributed by atoms with Crippen molar-refractivity contribution < 1.29 is 8.42 Å².